The predicted molar refractivity (Wildman–Crippen MR) is 90.2 cm³/mol. The van der Waals surface area contributed by atoms with Crippen molar-refractivity contribution in [3.63, 3.8) is 0 Å². The molecule has 0 aliphatic heterocycles. The summed E-state index contributed by atoms with van der Waals surface area (Å²) in [6.07, 6.45) is 3.80. The van der Waals surface area contributed by atoms with Gasteiger partial charge in [0.15, 0.2) is 0 Å². The Kier molecular flexibility index (Phi) is 4.17. The number of aromatic nitrogens is 2. The van der Waals surface area contributed by atoms with Crippen molar-refractivity contribution < 1.29 is 0 Å². The molecule has 3 heteroatoms. The normalized spacial score (nSPS) is 10.6. The van der Waals surface area contributed by atoms with Crippen molar-refractivity contribution in [1.82, 2.24) is 9.55 Å². The van der Waals surface area contributed by atoms with E-state index in [-0.39, 0.29) is 0 Å². The van der Waals surface area contributed by atoms with Gasteiger partial charge in [-0.25, -0.2) is 4.98 Å². The van der Waals surface area contributed by atoms with Crippen LogP contribution in [0.5, 0.6) is 0 Å². The minimum Gasteiger partial charge on any atom is -0.327 e. The first-order chi connectivity index (χ1) is 10.8. The Hall–Kier alpha value is -2.65. The molecule has 0 amide bonds. The predicted octanol–water partition coefficient (Wildman–Crippen LogP) is 3.45. The lowest BCUT2D eigenvalue weighted by Gasteiger charge is -2.13. The molecule has 2 N–H and O–H groups in total. The third-order valence-corrected chi connectivity index (χ3v) is 3.74. The molecule has 3 nitrogen and oxygen atoms in total. The van der Waals surface area contributed by atoms with Crippen LogP contribution in [0.25, 0.3) is 5.57 Å². The van der Waals surface area contributed by atoms with Crippen LogP contribution in [0.3, 0.4) is 0 Å². The van der Waals surface area contributed by atoms with Gasteiger partial charge in [-0.2, -0.15) is 0 Å². The van der Waals surface area contributed by atoms with E-state index in [1.165, 1.54) is 5.56 Å². The summed E-state index contributed by atoms with van der Waals surface area (Å²) in [5.41, 5.74) is 10.1. The van der Waals surface area contributed by atoms with Crippen LogP contribution in [0.4, 0.5) is 0 Å². The Morgan fingerprint density at radius 1 is 1.05 bits per heavy atom. The van der Waals surface area contributed by atoms with Crippen LogP contribution in [0.2, 0.25) is 0 Å². The Morgan fingerprint density at radius 3 is 2.55 bits per heavy atom. The van der Waals surface area contributed by atoms with E-state index in [1.807, 2.05) is 54.9 Å². The second kappa shape index (κ2) is 6.41. The van der Waals surface area contributed by atoms with E-state index in [4.69, 9.17) is 5.73 Å². The highest BCUT2D eigenvalue weighted by atomic mass is 15.1. The molecule has 0 aliphatic rings. The van der Waals surface area contributed by atoms with Crippen LogP contribution in [0.15, 0.2) is 73.6 Å². The van der Waals surface area contributed by atoms with Crippen LogP contribution < -0.4 is 5.73 Å². The highest BCUT2D eigenvalue weighted by Crippen LogP contribution is 2.24. The van der Waals surface area contributed by atoms with Crippen molar-refractivity contribution in [2.75, 3.05) is 0 Å². The fourth-order valence-corrected chi connectivity index (χ4v) is 2.60. The van der Waals surface area contributed by atoms with Crippen LogP contribution in [-0.4, -0.2) is 9.55 Å². The van der Waals surface area contributed by atoms with Gasteiger partial charge in [0, 0.05) is 31.1 Å². The number of imidazole rings is 1. The maximum atomic E-state index is 5.84. The highest BCUT2D eigenvalue weighted by Gasteiger charge is 2.12. The van der Waals surface area contributed by atoms with Gasteiger partial charge in [0.25, 0.3) is 0 Å². The number of hydrogen-bond acceptors (Lipinski definition) is 2. The first-order valence-corrected chi connectivity index (χ1v) is 7.32. The van der Waals surface area contributed by atoms with Gasteiger partial charge < -0.3 is 10.3 Å². The molecule has 2 aromatic carbocycles. The van der Waals surface area contributed by atoms with E-state index >= 15 is 0 Å². The van der Waals surface area contributed by atoms with Gasteiger partial charge in [-0.1, -0.05) is 61.2 Å². The smallest absolute Gasteiger partial charge is 0.140 e. The van der Waals surface area contributed by atoms with E-state index < -0.39 is 0 Å². The summed E-state index contributed by atoms with van der Waals surface area (Å²) in [5, 5.41) is 0. The minimum atomic E-state index is 0.495. The monoisotopic (exact) mass is 289 g/mol. The van der Waals surface area contributed by atoms with Crippen molar-refractivity contribution in [3.05, 3.63) is 96.1 Å². The summed E-state index contributed by atoms with van der Waals surface area (Å²) in [5.74, 6) is 0.879. The van der Waals surface area contributed by atoms with Crippen molar-refractivity contribution in [1.29, 1.82) is 0 Å². The molecular weight excluding hydrogens is 270 g/mol. The molecular formula is C19H19N3. The lowest BCUT2D eigenvalue weighted by Crippen LogP contribution is -2.07. The van der Waals surface area contributed by atoms with Crippen LogP contribution >= 0.6 is 0 Å². The maximum Gasteiger partial charge on any atom is 0.140 e. The van der Waals surface area contributed by atoms with E-state index in [9.17, 15) is 0 Å². The van der Waals surface area contributed by atoms with E-state index in [2.05, 4.69) is 28.3 Å². The lowest BCUT2D eigenvalue weighted by atomic mass is 10.0. The average molecular weight is 289 g/mol. The Labute approximate surface area is 130 Å². The van der Waals surface area contributed by atoms with Crippen LogP contribution in [-0.2, 0) is 13.1 Å². The van der Waals surface area contributed by atoms with E-state index in [0.717, 1.165) is 29.1 Å². The topological polar surface area (TPSA) is 43.8 Å². The van der Waals surface area contributed by atoms with Gasteiger partial charge in [0.2, 0.25) is 0 Å². The van der Waals surface area contributed by atoms with Crippen molar-refractivity contribution >= 4 is 5.57 Å². The third kappa shape index (κ3) is 2.85. The van der Waals surface area contributed by atoms with Crippen LogP contribution in [0, 0.1) is 0 Å². The quantitative estimate of drug-likeness (QED) is 0.782. The Morgan fingerprint density at radius 2 is 1.77 bits per heavy atom. The fraction of sp³-hybridized carbons (Fsp3) is 0.105. The molecule has 0 fully saturated rings. The fourth-order valence-electron chi connectivity index (χ4n) is 2.60. The van der Waals surface area contributed by atoms with E-state index in [1.54, 1.807) is 0 Å². The van der Waals surface area contributed by atoms with Gasteiger partial charge >= 0.3 is 0 Å². The largest absolute Gasteiger partial charge is 0.327 e. The molecule has 0 saturated heterocycles. The Bertz CT molecular complexity index is 772. The van der Waals surface area contributed by atoms with Crippen molar-refractivity contribution in [2.24, 2.45) is 5.73 Å². The molecule has 1 aromatic heterocycles. The first kappa shape index (κ1) is 14.3. The molecule has 0 spiro atoms. The summed E-state index contributed by atoms with van der Waals surface area (Å²) in [4.78, 5) is 4.49. The van der Waals surface area contributed by atoms with Gasteiger partial charge in [-0.3, -0.25) is 0 Å². The number of benzene rings is 2. The molecule has 3 rings (SSSR count). The summed E-state index contributed by atoms with van der Waals surface area (Å²) in [6, 6.07) is 18.4. The molecule has 22 heavy (non-hydrogen) atoms. The van der Waals surface area contributed by atoms with Crippen LogP contribution in [0.1, 0.15) is 22.5 Å². The molecule has 1 heterocycles. The summed E-state index contributed by atoms with van der Waals surface area (Å²) >= 11 is 0. The van der Waals surface area contributed by atoms with E-state index in [0.29, 0.717) is 6.54 Å². The average Bonchev–Trinajstić information content (AvgIpc) is 3.03. The lowest BCUT2D eigenvalue weighted by molar-refractivity contribution is 0.783. The summed E-state index contributed by atoms with van der Waals surface area (Å²) in [6.45, 7) is 5.51. The maximum absolute atomic E-state index is 5.84. The molecule has 0 unspecified atom stereocenters. The number of hydrogen-bond donors (Lipinski definition) is 1. The van der Waals surface area contributed by atoms with Crippen molar-refractivity contribution in [2.45, 2.75) is 13.1 Å². The molecule has 0 radical (unpaired) electrons. The molecule has 3 aromatic rings. The number of rotatable bonds is 5. The minimum absolute atomic E-state index is 0.495. The second-order valence-corrected chi connectivity index (χ2v) is 5.20. The van der Waals surface area contributed by atoms with Crippen molar-refractivity contribution in [3.8, 4) is 0 Å². The van der Waals surface area contributed by atoms with Gasteiger partial charge in [-0.05, 0) is 16.7 Å². The SMILES string of the molecule is C=C(c1ccccc1CN)c1nccn1Cc1ccccc1. The summed E-state index contributed by atoms with van der Waals surface area (Å²) < 4.78 is 2.12. The third-order valence-electron chi connectivity index (χ3n) is 3.74. The summed E-state index contributed by atoms with van der Waals surface area (Å²) in [7, 11) is 0. The zero-order chi connectivity index (χ0) is 15.4. The molecule has 0 aliphatic carbocycles. The zero-order valence-corrected chi connectivity index (χ0v) is 12.4. The number of nitrogens with two attached hydrogens (primary N) is 1. The zero-order valence-electron chi connectivity index (χ0n) is 12.4. The second-order valence-electron chi connectivity index (χ2n) is 5.20. The molecule has 110 valence electrons. The molecule has 0 atom stereocenters. The molecule has 0 saturated carbocycles. The molecule has 0 bridgehead atoms. The number of nitrogens with zero attached hydrogens (tertiary/aromatic N) is 2. The van der Waals surface area contributed by atoms with Gasteiger partial charge in [-0.15, -0.1) is 0 Å². The Balaban J connectivity index is 1.93. The van der Waals surface area contributed by atoms with Gasteiger partial charge in [0.05, 0.1) is 0 Å². The highest BCUT2D eigenvalue weighted by molar-refractivity contribution is 5.76. The van der Waals surface area contributed by atoms with Gasteiger partial charge in [0.1, 0.15) is 5.82 Å². The first-order valence-electron chi connectivity index (χ1n) is 7.32. The standard InChI is InChI=1S/C19H19N3/c1-15(18-10-6-5-9-17(18)13-20)19-21-11-12-22(19)14-16-7-3-2-4-8-16/h2-12H,1,13-14,20H2.